The number of anilines is 2. The van der Waals surface area contributed by atoms with Crippen LogP contribution in [0.3, 0.4) is 0 Å². The molecular weight excluding hydrogens is 362 g/mol. The molecule has 29 heavy (non-hydrogen) atoms. The van der Waals surface area contributed by atoms with E-state index in [0.29, 0.717) is 12.3 Å². The van der Waals surface area contributed by atoms with E-state index < -0.39 is 0 Å². The largest absolute Gasteiger partial charge is 0.368 e. The summed E-state index contributed by atoms with van der Waals surface area (Å²) < 4.78 is 0. The molecule has 5 heteroatoms. The van der Waals surface area contributed by atoms with Crippen LogP contribution in [-0.2, 0) is 9.59 Å². The van der Waals surface area contributed by atoms with Gasteiger partial charge in [-0.3, -0.25) is 9.59 Å². The van der Waals surface area contributed by atoms with E-state index in [0.717, 1.165) is 56.8 Å². The van der Waals surface area contributed by atoms with E-state index in [1.54, 1.807) is 0 Å². The Bertz CT molecular complexity index is 696. The van der Waals surface area contributed by atoms with Crippen LogP contribution < -0.4 is 10.2 Å². The number of nitrogens with zero attached hydrogens (tertiary/aromatic N) is 2. The summed E-state index contributed by atoms with van der Waals surface area (Å²) in [5.74, 6) is 1.06. The molecule has 1 atom stereocenters. The molecule has 1 aromatic carbocycles. The highest BCUT2D eigenvalue weighted by molar-refractivity contribution is 5.93. The first-order valence-electron chi connectivity index (χ1n) is 11.1. The van der Waals surface area contributed by atoms with Crippen molar-refractivity contribution in [3.05, 3.63) is 24.3 Å². The molecule has 0 aromatic heterocycles. The molecule has 1 aliphatic heterocycles. The van der Waals surface area contributed by atoms with Crippen molar-refractivity contribution in [2.24, 2.45) is 17.3 Å². The molecule has 1 heterocycles. The van der Waals surface area contributed by atoms with Gasteiger partial charge in [0.05, 0.1) is 0 Å². The van der Waals surface area contributed by atoms with E-state index in [2.05, 4.69) is 50.0 Å². The summed E-state index contributed by atoms with van der Waals surface area (Å²) in [6, 6.07) is 8.10. The first-order valence-corrected chi connectivity index (χ1v) is 11.1. The fourth-order valence-electron chi connectivity index (χ4n) is 4.43. The van der Waals surface area contributed by atoms with Crippen LogP contribution in [0.4, 0.5) is 11.4 Å². The van der Waals surface area contributed by atoms with Crippen molar-refractivity contribution < 1.29 is 9.59 Å². The molecular formula is C24H37N3O2. The number of piperazine rings is 1. The summed E-state index contributed by atoms with van der Waals surface area (Å²) >= 11 is 0. The zero-order valence-electron chi connectivity index (χ0n) is 18.5. The molecule has 160 valence electrons. The van der Waals surface area contributed by atoms with Crippen LogP contribution in [0.1, 0.15) is 59.8 Å². The minimum Gasteiger partial charge on any atom is -0.368 e. The monoisotopic (exact) mass is 399 g/mol. The van der Waals surface area contributed by atoms with E-state index >= 15 is 0 Å². The summed E-state index contributed by atoms with van der Waals surface area (Å²) in [7, 11) is 0. The lowest BCUT2D eigenvalue weighted by Crippen LogP contribution is -2.49. The van der Waals surface area contributed by atoms with Crippen molar-refractivity contribution in [3.8, 4) is 0 Å². The maximum atomic E-state index is 12.6. The van der Waals surface area contributed by atoms with Crippen LogP contribution in [0.5, 0.6) is 0 Å². The molecule has 2 amide bonds. The highest BCUT2D eigenvalue weighted by Gasteiger charge is 2.26. The first kappa shape index (κ1) is 21.7. The second-order valence-electron chi connectivity index (χ2n) is 10.1. The van der Waals surface area contributed by atoms with Crippen LogP contribution in [-0.4, -0.2) is 42.9 Å². The van der Waals surface area contributed by atoms with Gasteiger partial charge < -0.3 is 15.1 Å². The van der Waals surface area contributed by atoms with E-state index in [1.165, 1.54) is 6.42 Å². The molecule has 5 nitrogen and oxygen atoms in total. The fourth-order valence-corrected chi connectivity index (χ4v) is 4.43. The van der Waals surface area contributed by atoms with Crippen molar-refractivity contribution in [1.29, 1.82) is 0 Å². The average Bonchev–Trinajstić information content (AvgIpc) is 2.59. The highest BCUT2D eigenvalue weighted by atomic mass is 16.2. The van der Waals surface area contributed by atoms with Crippen LogP contribution >= 0.6 is 0 Å². The molecule has 0 spiro atoms. The zero-order valence-corrected chi connectivity index (χ0v) is 18.5. The predicted octanol–water partition coefficient (Wildman–Crippen LogP) is 4.54. The lowest BCUT2D eigenvalue weighted by Gasteiger charge is -2.37. The first-order chi connectivity index (χ1) is 13.7. The molecule has 1 saturated carbocycles. The maximum absolute atomic E-state index is 12.6. The normalized spacial score (nSPS) is 18.9. The number of carbonyl (C=O) groups excluding carboxylic acids is 2. The smallest absolute Gasteiger partial charge is 0.227 e. The number of carbonyl (C=O) groups is 2. The third-order valence-corrected chi connectivity index (χ3v) is 6.09. The molecule has 1 aliphatic carbocycles. The quantitative estimate of drug-likeness (QED) is 0.764. The van der Waals surface area contributed by atoms with Crippen LogP contribution in [0.15, 0.2) is 24.3 Å². The SMILES string of the molecule is CC(CC(=O)N1CCN(c2ccc(NC(=O)C3CCC3)cc2)CC1)CC(C)(C)C. The fraction of sp³-hybridized carbons (Fsp3) is 0.667. The molecule has 2 fully saturated rings. The molecule has 0 bridgehead atoms. The summed E-state index contributed by atoms with van der Waals surface area (Å²) in [5.41, 5.74) is 2.29. The van der Waals surface area contributed by atoms with Crippen LogP contribution in [0, 0.1) is 17.3 Å². The molecule has 1 aromatic rings. The topological polar surface area (TPSA) is 52.7 Å². The summed E-state index contributed by atoms with van der Waals surface area (Å²) in [6.07, 6.45) is 4.92. The second kappa shape index (κ2) is 9.19. The molecule has 1 saturated heterocycles. The number of nitrogens with one attached hydrogen (secondary N) is 1. The van der Waals surface area contributed by atoms with Gasteiger partial charge in [0.25, 0.3) is 0 Å². The van der Waals surface area contributed by atoms with E-state index in [-0.39, 0.29) is 23.1 Å². The molecule has 2 aliphatic rings. The van der Waals surface area contributed by atoms with Gasteiger partial charge in [0.2, 0.25) is 11.8 Å². The molecule has 3 rings (SSSR count). The summed E-state index contributed by atoms with van der Waals surface area (Å²) in [5, 5.41) is 3.02. The standard InChI is InChI=1S/C24H37N3O2/c1-18(17-24(2,3)4)16-22(28)27-14-12-26(13-15-27)21-10-8-20(9-11-21)25-23(29)19-6-5-7-19/h8-11,18-19H,5-7,12-17H2,1-4H3,(H,25,29). The van der Waals surface area contributed by atoms with Gasteiger partial charge >= 0.3 is 0 Å². The van der Waals surface area contributed by atoms with E-state index in [1.807, 2.05) is 17.0 Å². The second-order valence-corrected chi connectivity index (χ2v) is 10.1. The number of benzene rings is 1. The highest BCUT2D eigenvalue weighted by Crippen LogP contribution is 2.29. The van der Waals surface area contributed by atoms with Crippen molar-refractivity contribution in [3.63, 3.8) is 0 Å². The van der Waals surface area contributed by atoms with Crippen molar-refractivity contribution in [2.45, 2.75) is 59.8 Å². The van der Waals surface area contributed by atoms with Gasteiger partial charge in [-0.25, -0.2) is 0 Å². The Hall–Kier alpha value is -2.04. The van der Waals surface area contributed by atoms with Gasteiger partial charge in [-0.15, -0.1) is 0 Å². The molecule has 1 N–H and O–H groups in total. The van der Waals surface area contributed by atoms with Crippen molar-refractivity contribution >= 4 is 23.2 Å². The number of amides is 2. The third kappa shape index (κ3) is 6.22. The van der Waals surface area contributed by atoms with Gasteiger partial charge in [-0.05, 0) is 54.9 Å². The third-order valence-electron chi connectivity index (χ3n) is 6.09. The van der Waals surface area contributed by atoms with E-state index in [4.69, 9.17) is 0 Å². The van der Waals surface area contributed by atoms with Crippen LogP contribution in [0.2, 0.25) is 0 Å². The molecule has 1 unspecified atom stereocenters. The Labute approximate surface area is 175 Å². The van der Waals surface area contributed by atoms with Crippen LogP contribution in [0.25, 0.3) is 0 Å². The van der Waals surface area contributed by atoms with Gasteiger partial charge in [-0.2, -0.15) is 0 Å². The number of rotatable bonds is 6. The lowest BCUT2D eigenvalue weighted by atomic mass is 9.84. The van der Waals surface area contributed by atoms with Gasteiger partial charge in [-0.1, -0.05) is 34.1 Å². The van der Waals surface area contributed by atoms with Crippen molar-refractivity contribution in [2.75, 3.05) is 36.4 Å². The van der Waals surface area contributed by atoms with Gasteiger partial charge in [0.15, 0.2) is 0 Å². The van der Waals surface area contributed by atoms with E-state index in [9.17, 15) is 9.59 Å². The molecule has 0 radical (unpaired) electrons. The minimum atomic E-state index is 0.150. The Kier molecular flexibility index (Phi) is 6.86. The van der Waals surface area contributed by atoms with Gasteiger partial charge in [0, 0.05) is 49.9 Å². The maximum Gasteiger partial charge on any atom is 0.227 e. The Morgan fingerprint density at radius 2 is 1.69 bits per heavy atom. The van der Waals surface area contributed by atoms with Gasteiger partial charge in [0.1, 0.15) is 0 Å². The Morgan fingerprint density at radius 3 is 2.21 bits per heavy atom. The summed E-state index contributed by atoms with van der Waals surface area (Å²) in [6.45, 7) is 12.2. The summed E-state index contributed by atoms with van der Waals surface area (Å²) in [4.78, 5) is 29.0. The Morgan fingerprint density at radius 1 is 1.07 bits per heavy atom. The zero-order chi connectivity index (χ0) is 21.0. The number of hydrogen-bond donors (Lipinski definition) is 1. The van der Waals surface area contributed by atoms with Crippen molar-refractivity contribution in [1.82, 2.24) is 4.90 Å². The Balaban J connectivity index is 1.45. The predicted molar refractivity (Wildman–Crippen MR) is 119 cm³/mol. The lowest BCUT2D eigenvalue weighted by molar-refractivity contribution is -0.132. The number of hydrogen-bond acceptors (Lipinski definition) is 3. The average molecular weight is 400 g/mol. The minimum absolute atomic E-state index is 0.150.